The number of carbonyl (C=O) groups is 2. The van der Waals surface area contributed by atoms with Crippen LogP contribution in [0, 0.1) is 17.8 Å². The van der Waals surface area contributed by atoms with Crippen molar-refractivity contribution in [2.45, 2.75) is 46.1 Å². The fourth-order valence-corrected chi connectivity index (χ4v) is 3.67. The summed E-state index contributed by atoms with van der Waals surface area (Å²) < 4.78 is 4.78. The molecule has 0 bridgehead atoms. The summed E-state index contributed by atoms with van der Waals surface area (Å²) in [6.07, 6.45) is 3.43. The van der Waals surface area contributed by atoms with Gasteiger partial charge >= 0.3 is 6.03 Å². The van der Waals surface area contributed by atoms with E-state index in [1.165, 1.54) is 20.0 Å². The Morgan fingerprint density at radius 1 is 1.12 bits per heavy atom. The Bertz CT molecular complexity index is 601. The Labute approximate surface area is 156 Å². The SMILES string of the molecule is COCC(=O)Nc1ccc(NC(=O)NC2CC(C)CCC2C(C)C)cc1. The molecular weight excluding hydrogens is 330 g/mol. The van der Waals surface area contributed by atoms with Crippen LogP contribution in [0.5, 0.6) is 0 Å². The number of hydrogen-bond donors (Lipinski definition) is 3. The summed E-state index contributed by atoms with van der Waals surface area (Å²) in [4.78, 5) is 23.9. The van der Waals surface area contributed by atoms with Gasteiger partial charge in [-0.3, -0.25) is 4.79 Å². The van der Waals surface area contributed by atoms with E-state index in [1.807, 2.05) is 0 Å². The lowest BCUT2D eigenvalue weighted by molar-refractivity contribution is -0.119. The molecule has 0 saturated heterocycles. The standard InChI is InChI=1S/C20H31N3O3/c1-13(2)17-10-5-14(3)11-18(17)23-20(25)22-16-8-6-15(7-9-16)21-19(24)12-26-4/h6-9,13-14,17-18H,5,10-12H2,1-4H3,(H,21,24)(H2,22,23,25). The molecule has 1 aliphatic rings. The molecule has 6 nitrogen and oxygen atoms in total. The number of urea groups is 1. The van der Waals surface area contributed by atoms with Gasteiger partial charge in [0.2, 0.25) is 5.91 Å². The molecule has 6 heteroatoms. The van der Waals surface area contributed by atoms with Gasteiger partial charge in [-0.1, -0.05) is 27.2 Å². The molecule has 3 N–H and O–H groups in total. The number of nitrogens with one attached hydrogen (secondary N) is 3. The predicted octanol–water partition coefficient (Wildman–Crippen LogP) is 3.85. The van der Waals surface area contributed by atoms with E-state index >= 15 is 0 Å². The topological polar surface area (TPSA) is 79.5 Å². The maximum Gasteiger partial charge on any atom is 0.319 e. The lowest BCUT2D eigenvalue weighted by atomic mass is 9.74. The second-order valence-corrected chi connectivity index (χ2v) is 7.59. The van der Waals surface area contributed by atoms with E-state index in [4.69, 9.17) is 4.74 Å². The largest absolute Gasteiger partial charge is 0.375 e. The Morgan fingerprint density at radius 2 is 1.73 bits per heavy atom. The van der Waals surface area contributed by atoms with Crippen LogP contribution in [0.25, 0.3) is 0 Å². The lowest BCUT2D eigenvalue weighted by Gasteiger charge is -2.37. The molecule has 1 aromatic carbocycles. The number of methoxy groups -OCH3 is 1. The van der Waals surface area contributed by atoms with Crippen LogP contribution >= 0.6 is 0 Å². The van der Waals surface area contributed by atoms with Gasteiger partial charge in [0.25, 0.3) is 0 Å². The molecule has 3 atom stereocenters. The molecule has 26 heavy (non-hydrogen) atoms. The molecule has 3 amide bonds. The monoisotopic (exact) mass is 361 g/mol. The Hall–Kier alpha value is -2.08. The quantitative estimate of drug-likeness (QED) is 0.720. The van der Waals surface area contributed by atoms with E-state index in [2.05, 4.69) is 36.7 Å². The molecule has 0 spiro atoms. The highest BCUT2D eigenvalue weighted by Crippen LogP contribution is 2.33. The Morgan fingerprint density at radius 3 is 2.31 bits per heavy atom. The summed E-state index contributed by atoms with van der Waals surface area (Å²) in [7, 11) is 1.47. The lowest BCUT2D eigenvalue weighted by Crippen LogP contribution is -2.47. The fourth-order valence-electron chi connectivity index (χ4n) is 3.67. The molecule has 0 aliphatic heterocycles. The second-order valence-electron chi connectivity index (χ2n) is 7.59. The number of rotatable bonds is 6. The Kier molecular flexibility index (Phi) is 7.45. The number of ether oxygens (including phenoxy) is 1. The van der Waals surface area contributed by atoms with Crippen molar-refractivity contribution in [3.8, 4) is 0 Å². The van der Waals surface area contributed by atoms with Gasteiger partial charge in [0.15, 0.2) is 0 Å². The van der Waals surface area contributed by atoms with E-state index in [0.29, 0.717) is 29.1 Å². The smallest absolute Gasteiger partial charge is 0.319 e. The van der Waals surface area contributed by atoms with Crippen molar-refractivity contribution in [3.63, 3.8) is 0 Å². The average Bonchev–Trinajstić information content (AvgIpc) is 2.56. The van der Waals surface area contributed by atoms with Gasteiger partial charge in [0.05, 0.1) is 0 Å². The summed E-state index contributed by atoms with van der Waals surface area (Å²) in [5, 5.41) is 8.76. The first-order chi connectivity index (χ1) is 12.4. The molecular formula is C20H31N3O3. The van der Waals surface area contributed by atoms with Crippen molar-refractivity contribution in [1.29, 1.82) is 0 Å². The van der Waals surface area contributed by atoms with Crippen molar-refractivity contribution in [1.82, 2.24) is 5.32 Å². The zero-order valence-electron chi connectivity index (χ0n) is 16.2. The van der Waals surface area contributed by atoms with Crippen LogP contribution in [0.4, 0.5) is 16.2 Å². The second kappa shape index (κ2) is 9.57. The first-order valence-corrected chi connectivity index (χ1v) is 9.35. The van der Waals surface area contributed by atoms with Crippen molar-refractivity contribution in [2.24, 2.45) is 17.8 Å². The summed E-state index contributed by atoms with van der Waals surface area (Å²) >= 11 is 0. The first kappa shape index (κ1) is 20.2. The number of carbonyl (C=O) groups excluding carboxylic acids is 2. The highest BCUT2D eigenvalue weighted by molar-refractivity contribution is 5.93. The normalized spacial score (nSPS) is 22.7. The van der Waals surface area contributed by atoms with Crippen LogP contribution in [0.15, 0.2) is 24.3 Å². The van der Waals surface area contributed by atoms with Crippen LogP contribution in [0.3, 0.4) is 0 Å². The average molecular weight is 361 g/mol. The van der Waals surface area contributed by atoms with E-state index in [9.17, 15) is 9.59 Å². The summed E-state index contributed by atoms with van der Waals surface area (Å²) in [5.41, 5.74) is 1.36. The minimum Gasteiger partial charge on any atom is -0.375 e. The van der Waals surface area contributed by atoms with E-state index in [0.717, 1.165) is 6.42 Å². The maximum atomic E-state index is 12.4. The first-order valence-electron chi connectivity index (χ1n) is 9.35. The zero-order valence-corrected chi connectivity index (χ0v) is 16.2. The molecule has 1 aliphatic carbocycles. The predicted molar refractivity (Wildman–Crippen MR) is 104 cm³/mol. The molecule has 1 saturated carbocycles. The number of hydrogen-bond acceptors (Lipinski definition) is 3. The molecule has 3 unspecified atom stereocenters. The molecule has 144 valence electrons. The van der Waals surface area contributed by atoms with Crippen LogP contribution in [0.1, 0.15) is 40.0 Å². The fraction of sp³-hybridized carbons (Fsp3) is 0.600. The third-order valence-electron chi connectivity index (χ3n) is 5.04. The van der Waals surface area contributed by atoms with E-state index in [1.54, 1.807) is 24.3 Å². The van der Waals surface area contributed by atoms with Gasteiger partial charge in [-0.25, -0.2) is 4.79 Å². The minimum absolute atomic E-state index is 0.0131. The van der Waals surface area contributed by atoms with Gasteiger partial charge in [-0.2, -0.15) is 0 Å². The van der Waals surface area contributed by atoms with Crippen LogP contribution < -0.4 is 16.0 Å². The molecule has 1 aromatic rings. The third kappa shape index (κ3) is 6.02. The molecule has 1 fully saturated rings. The minimum atomic E-state index is -0.211. The maximum absolute atomic E-state index is 12.4. The van der Waals surface area contributed by atoms with Crippen LogP contribution in [-0.4, -0.2) is 31.7 Å². The molecule has 2 rings (SSSR count). The van der Waals surface area contributed by atoms with Crippen molar-refractivity contribution in [3.05, 3.63) is 24.3 Å². The van der Waals surface area contributed by atoms with Gasteiger partial charge in [-0.15, -0.1) is 0 Å². The number of benzene rings is 1. The van der Waals surface area contributed by atoms with Crippen molar-refractivity contribution < 1.29 is 14.3 Å². The van der Waals surface area contributed by atoms with Gasteiger partial charge in [-0.05, 0) is 54.9 Å². The molecule has 0 radical (unpaired) electrons. The highest BCUT2D eigenvalue weighted by atomic mass is 16.5. The summed E-state index contributed by atoms with van der Waals surface area (Å²) in [6, 6.07) is 7.08. The molecule has 0 heterocycles. The van der Waals surface area contributed by atoms with Crippen molar-refractivity contribution in [2.75, 3.05) is 24.4 Å². The van der Waals surface area contributed by atoms with Gasteiger partial charge in [0, 0.05) is 24.5 Å². The van der Waals surface area contributed by atoms with E-state index in [-0.39, 0.29) is 24.6 Å². The Balaban J connectivity index is 1.89. The molecule has 0 aromatic heterocycles. The summed E-state index contributed by atoms with van der Waals surface area (Å²) in [5.74, 6) is 1.51. The zero-order chi connectivity index (χ0) is 19.1. The third-order valence-corrected chi connectivity index (χ3v) is 5.04. The van der Waals surface area contributed by atoms with Crippen LogP contribution in [0.2, 0.25) is 0 Å². The van der Waals surface area contributed by atoms with Gasteiger partial charge in [0.1, 0.15) is 6.61 Å². The van der Waals surface area contributed by atoms with Crippen molar-refractivity contribution >= 4 is 23.3 Å². The van der Waals surface area contributed by atoms with E-state index < -0.39 is 0 Å². The highest BCUT2D eigenvalue weighted by Gasteiger charge is 2.31. The van der Waals surface area contributed by atoms with Gasteiger partial charge < -0.3 is 20.7 Å². The summed E-state index contributed by atoms with van der Waals surface area (Å²) in [6.45, 7) is 6.71. The number of anilines is 2. The van der Waals surface area contributed by atoms with Crippen LogP contribution in [-0.2, 0) is 9.53 Å². The number of amides is 3.